The van der Waals surface area contributed by atoms with Crippen LogP contribution in [-0.4, -0.2) is 17.2 Å². The Balaban J connectivity index is 0. The zero-order valence-corrected chi connectivity index (χ0v) is 7.76. The van der Waals surface area contributed by atoms with Crippen molar-refractivity contribution in [2.24, 2.45) is 0 Å². The maximum atomic E-state index is 9.70. The van der Waals surface area contributed by atoms with Gasteiger partial charge in [0, 0.05) is 12.4 Å². The minimum Gasteiger partial charge on any atom is -0.550 e. The second kappa shape index (κ2) is 6.55. The third kappa shape index (κ3) is 8.43. The minimum atomic E-state index is -1.20. The van der Waals surface area contributed by atoms with E-state index in [1.165, 1.54) is 0 Å². The summed E-state index contributed by atoms with van der Waals surface area (Å²) in [5, 5.41) is 18.3. The molecular formula is C5H9NaO3. The zero-order chi connectivity index (χ0) is 6.57. The van der Waals surface area contributed by atoms with E-state index in [2.05, 4.69) is 0 Å². The van der Waals surface area contributed by atoms with Crippen molar-refractivity contribution < 1.29 is 44.6 Å². The molecule has 0 aromatic carbocycles. The van der Waals surface area contributed by atoms with Gasteiger partial charge in [-0.3, -0.25) is 0 Å². The normalized spacial score (nSPS) is 11.8. The number of aliphatic hydroxyl groups is 1. The second-order valence-corrected chi connectivity index (χ2v) is 1.64. The van der Waals surface area contributed by atoms with Gasteiger partial charge in [-0.25, -0.2) is 0 Å². The number of rotatable bonds is 3. The van der Waals surface area contributed by atoms with Crippen LogP contribution in [-0.2, 0) is 4.79 Å². The first kappa shape index (κ1) is 12.1. The topological polar surface area (TPSA) is 60.4 Å². The summed E-state index contributed by atoms with van der Waals surface area (Å²) in [7, 11) is 0. The van der Waals surface area contributed by atoms with E-state index in [9.17, 15) is 9.90 Å². The summed E-state index contributed by atoms with van der Waals surface area (Å²) in [6.45, 7) is 1.72. The van der Waals surface area contributed by atoms with Crippen LogP contribution < -0.4 is 34.7 Å². The van der Waals surface area contributed by atoms with E-state index in [1.807, 2.05) is 0 Å². The number of carbonyl (C=O) groups excluding carboxylic acids is 1. The van der Waals surface area contributed by atoms with Crippen LogP contribution >= 0.6 is 0 Å². The molecule has 0 saturated carbocycles. The van der Waals surface area contributed by atoms with E-state index in [-0.39, 0.29) is 36.0 Å². The third-order valence-corrected chi connectivity index (χ3v) is 0.874. The standard InChI is InChI=1S/C5H10O3.Na/c1-2-4(6)3-5(7)8;/h4,6H,2-3H2,1H3,(H,7,8);/q;+1/p-1. The van der Waals surface area contributed by atoms with Crippen LogP contribution in [0.5, 0.6) is 0 Å². The molecule has 1 atom stereocenters. The molecular weight excluding hydrogens is 131 g/mol. The molecule has 0 aromatic rings. The van der Waals surface area contributed by atoms with Gasteiger partial charge in [0.1, 0.15) is 0 Å². The monoisotopic (exact) mass is 140 g/mol. The molecule has 48 valence electrons. The first-order valence-corrected chi connectivity index (χ1v) is 2.54. The minimum absolute atomic E-state index is 0. The van der Waals surface area contributed by atoms with Crippen LogP contribution in [0.15, 0.2) is 0 Å². The molecule has 1 N–H and O–H groups in total. The van der Waals surface area contributed by atoms with E-state index in [4.69, 9.17) is 5.11 Å². The Morgan fingerprint density at radius 3 is 2.33 bits per heavy atom. The number of aliphatic hydroxyl groups excluding tert-OH is 1. The van der Waals surface area contributed by atoms with Gasteiger partial charge >= 0.3 is 29.6 Å². The van der Waals surface area contributed by atoms with Crippen LogP contribution in [0.2, 0.25) is 0 Å². The summed E-state index contributed by atoms with van der Waals surface area (Å²) in [4.78, 5) is 9.70. The van der Waals surface area contributed by atoms with Crippen LogP contribution in [0.3, 0.4) is 0 Å². The van der Waals surface area contributed by atoms with Gasteiger partial charge in [-0.05, 0) is 6.42 Å². The van der Waals surface area contributed by atoms with Crippen LogP contribution in [0.25, 0.3) is 0 Å². The quantitative estimate of drug-likeness (QED) is 0.405. The fourth-order valence-corrected chi connectivity index (χ4v) is 0.337. The van der Waals surface area contributed by atoms with E-state index in [1.54, 1.807) is 6.92 Å². The first-order chi connectivity index (χ1) is 3.66. The van der Waals surface area contributed by atoms with Gasteiger partial charge in [0.05, 0.1) is 6.10 Å². The van der Waals surface area contributed by atoms with E-state index < -0.39 is 12.1 Å². The Labute approximate surface area is 76.4 Å². The van der Waals surface area contributed by atoms with Crippen LogP contribution in [0.1, 0.15) is 19.8 Å². The van der Waals surface area contributed by atoms with Crippen molar-refractivity contribution in [3.8, 4) is 0 Å². The molecule has 0 bridgehead atoms. The Hall–Kier alpha value is 0.430. The van der Waals surface area contributed by atoms with Crippen molar-refractivity contribution in [1.82, 2.24) is 0 Å². The molecule has 1 unspecified atom stereocenters. The molecule has 0 heterocycles. The van der Waals surface area contributed by atoms with E-state index in [0.717, 1.165) is 0 Å². The maximum absolute atomic E-state index is 9.70. The molecule has 0 aliphatic carbocycles. The molecule has 0 saturated heterocycles. The van der Waals surface area contributed by atoms with Crippen molar-refractivity contribution >= 4 is 5.97 Å². The van der Waals surface area contributed by atoms with Gasteiger partial charge in [-0.15, -0.1) is 0 Å². The molecule has 3 nitrogen and oxygen atoms in total. The Kier molecular flexibility index (Phi) is 8.83. The van der Waals surface area contributed by atoms with Gasteiger partial charge in [0.25, 0.3) is 0 Å². The largest absolute Gasteiger partial charge is 1.00 e. The smallest absolute Gasteiger partial charge is 0.550 e. The number of carboxylic acid groups (broad SMARTS) is 1. The predicted molar refractivity (Wildman–Crippen MR) is 25.9 cm³/mol. The molecule has 9 heavy (non-hydrogen) atoms. The van der Waals surface area contributed by atoms with Gasteiger partial charge in [-0.2, -0.15) is 0 Å². The average Bonchev–Trinajstić information content (AvgIpc) is 1.65. The van der Waals surface area contributed by atoms with Crippen molar-refractivity contribution in [3.05, 3.63) is 0 Å². The number of aliphatic carboxylic acids is 1. The summed E-state index contributed by atoms with van der Waals surface area (Å²) in [5.41, 5.74) is 0. The maximum Gasteiger partial charge on any atom is 1.00 e. The van der Waals surface area contributed by atoms with Gasteiger partial charge in [0.15, 0.2) is 0 Å². The summed E-state index contributed by atoms with van der Waals surface area (Å²) in [6.07, 6.45) is -0.523. The Morgan fingerprint density at radius 2 is 2.22 bits per heavy atom. The average molecular weight is 140 g/mol. The van der Waals surface area contributed by atoms with Crippen LogP contribution in [0.4, 0.5) is 0 Å². The molecule has 4 heteroatoms. The predicted octanol–water partition coefficient (Wildman–Crippen LogP) is -4.10. The van der Waals surface area contributed by atoms with Crippen molar-refractivity contribution in [2.75, 3.05) is 0 Å². The van der Waals surface area contributed by atoms with Crippen molar-refractivity contribution in [2.45, 2.75) is 25.9 Å². The number of hydrogen-bond acceptors (Lipinski definition) is 3. The van der Waals surface area contributed by atoms with Gasteiger partial charge in [-0.1, -0.05) is 6.92 Å². The molecule has 0 spiro atoms. The number of carbonyl (C=O) groups is 1. The fourth-order valence-electron chi connectivity index (χ4n) is 0.337. The molecule has 0 fully saturated rings. The summed E-state index contributed by atoms with van der Waals surface area (Å²) in [5.74, 6) is -1.20. The van der Waals surface area contributed by atoms with E-state index >= 15 is 0 Å². The number of hydrogen-bond donors (Lipinski definition) is 1. The summed E-state index contributed by atoms with van der Waals surface area (Å²) in [6, 6.07) is 0. The molecule has 0 rings (SSSR count). The summed E-state index contributed by atoms with van der Waals surface area (Å²) >= 11 is 0. The van der Waals surface area contributed by atoms with Crippen molar-refractivity contribution in [1.29, 1.82) is 0 Å². The van der Waals surface area contributed by atoms with Gasteiger partial charge in [0.2, 0.25) is 0 Å². The third-order valence-electron chi connectivity index (χ3n) is 0.874. The molecule has 0 aromatic heterocycles. The number of carboxylic acids is 1. The van der Waals surface area contributed by atoms with Crippen LogP contribution in [0, 0.1) is 0 Å². The summed E-state index contributed by atoms with van der Waals surface area (Å²) < 4.78 is 0. The zero-order valence-electron chi connectivity index (χ0n) is 5.76. The second-order valence-electron chi connectivity index (χ2n) is 1.64. The van der Waals surface area contributed by atoms with E-state index in [0.29, 0.717) is 6.42 Å². The molecule has 0 aliphatic rings. The first-order valence-electron chi connectivity index (χ1n) is 2.54. The molecule has 0 aliphatic heterocycles. The Bertz CT molecular complexity index is 84.3. The fraction of sp³-hybridized carbons (Fsp3) is 0.800. The van der Waals surface area contributed by atoms with Gasteiger partial charge < -0.3 is 15.0 Å². The molecule has 0 radical (unpaired) electrons. The SMILES string of the molecule is CCC(O)CC(=O)[O-].[Na+]. The molecule has 0 amide bonds. The Morgan fingerprint density at radius 1 is 1.78 bits per heavy atom. The van der Waals surface area contributed by atoms with Crippen molar-refractivity contribution in [3.63, 3.8) is 0 Å².